The number of sulfonamides is 1. The van der Waals surface area contributed by atoms with Gasteiger partial charge in [-0.25, -0.2) is 13.8 Å². The van der Waals surface area contributed by atoms with Crippen molar-refractivity contribution in [2.45, 2.75) is 11.8 Å². The van der Waals surface area contributed by atoms with Crippen LogP contribution >= 0.6 is 0 Å². The first-order chi connectivity index (χ1) is 13.5. The summed E-state index contributed by atoms with van der Waals surface area (Å²) in [4.78, 5) is 16.1. The second-order valence-electron chi connectivity index (χ2n) is 5.87. The summed E-state index contributed by atoms with van der Waals surface area (Å²) in [5.74, 6) is -0.359. The first kappa shape index (κ1) is 19.2. The molecule has 142 valence electrons. The van der Waals surface area contributed by atoms with Crippen molar-refractivity contribution in [3.63, 3.8) is 0 Å². The summed E-state index contributed by atoms with van der Waals surface area (Å²) in [5, 5.41) is 4.09. The smallest absolute Gasteiger partial charge is 0.271 e. The largest absolute Gasteiger partial charge is 0.280 e. The number of hydrazone groups is 1. The molecule has 3 aromatic rings. The Balaban J connectivity index is 1.74. The number of nitrogens with one attached hydrogen (secondary N) is 2. The lowest BCUT2D eigenvalue weighted by molar-refractivity contribution is 0.0954. The minimum atomic E-state index is -3.68. The van der Waals surface area contributed by atoms with Crippen LogP contribution in [0.2, 0.25) is 0 Å². The Morgan fingerprint density at radius 1 is 0.929 bits per heavy atom. The van der Waals surface area contributed by atoms with Crippen LogP contribution in [0, 0.1) is 0 Å². The number of carbonyl (C=O) groups is 1. The monoisotopic (exact) mass is 394 g/mol. The summed E-state index contributed by atoms with van der Waals surface area (Å²) in [6, 6.07) is 18.1. The van der Waals surface area contributed by atoms with Gasteiger partial charge < -0.3 is 0 Å². The van der Waals surface area contributed by atoms with Gasteiger partial charge in [-0.3, -0.25) is 14.5 Å². The normalized spacial score (nSPS) is 11.7. The molecule has 0 saturated carbocycles. The third-order valence-electron chi connectivity index (χ3n) is 3.85. The van der Waals surface area contributed by atoms with Gasteiger partial charge in [-0.15, -0.1) is 0 Å². The fourth-order valence-electron chi connectivity index (χ4n) is 2.39. The van der Waals surface area contributed by atoms with Gasteiger partial charge in [0.1, 0.15) is 0 Å². The number of aromatic nitrogens is 1. The molecule has 7 nitrogen and oxygen atoms in total. The summed E-state index contributed by atoms with van der Waals surface area (Å²) < 4.78 is 27.4. The van der Waals surface area contributed by atoms with Crippen LogP contribution in [0.4, 0.5) is 5.69 Å². The lowest BCUT2D eigenvalue weighted by Crippen LogP contribution is -2.19. The van der Waals surface area contributed by atoms with Crippen LogP contribution in [-0.2, 0) is 10.0 Å². The number of nitrogens with zero attached hydrogens (tertiary/aromatic N) is 2. The molecule has 0 atom stereocenters. The number of hydrogen-bond acceptors (Lipinski definition) is 5. The molecule has 0 spiro atoms. The van der Waals surface area contributed by atoms with Crippen molar-refractivity contribution in [2.24, 2.45) is 5.10 Å². The zero-order valence-corrected chi connectivity index (χ0v) is 15.8. The first-order valence-corrected chi connectivity index (χ1v) is 9.87. The highest BCUT2D eigenvalue weighted by Crippen LogP contribution is 2.17. The van der Waals surface area contributed by atoms with E-state index in [1.54, 1.807) is 61.5 Å². The molecular formula is C20H18N4O3S. The Bertz CT molecular complexity index is 1100. The van der Waals surface area contributed by atoms with E-state index in [4.69, 9.17) is 0 Å². The Hall–Kier alpha value is -3.52. The summed E-state index contributed by atoms with van der Waals surface area (Å²) >= 11 is 0. The fourth-order valence-corrected chi connectivity index (χ4v) is 3.46. The maximum absolute atomic E-state index is 12.5. The van der Waals surface area contributed by atoms with Gasteiger partial charge in [0.05, 0.1) is 10.6 Å². The zero-order chi connectivity index (χ0) is 20.0. The number of pyridine rings is 1. The number of rotatable bonds is 6. The molecule has 3 rings (SSSR count). The maximum Gasteiger partial charge on any atom is 0.271 e. The third-order valence-corrected chi connectivity index (χ3v) is 5.25. The van der Waals surface area contributed by atoms with Gasteiger partial charge in [0, 0.05) is 23.6 Å². The first-order valence-electron chi connectivity index (χ1n) is 8.39. The van der Waals surface area contributed by atoms with E-state index >= 15 is 0 Å². The van der Waals surface area contributed by atoms with Gasteiger partial charge in [0.2, 0.25) is 0 Å². The molecule has 2 N–H and O–H groups in total. The average molecular weight is 394 g/mol. The standard InChI is InChI=1S/C20H18N4O3S/c1-15(22-23-20(25)16-10-12-21-13-11-16)17-6-5-7-18(14-17)24-28(26,27)19-8-3-2-4-9-19/h2-14,24H,1H3,(H,23,25)/b22-15-. The van der Waals surface area contributed by atoms with Gasteiger partial charge in [-0.1, -0.05) is 30.3 Å². The Kier molecular flexibility index (Phi) is 5.81. The lowest BCUT2D eigenvalue weighted by Gasteiger charge is -2.09. The van der Waals surface area contributed by atoms with Crippen LogP contribution < -0.4 is 10.1 Å². The second-order valence-corrected chi connectivity index (χ2v) is 7.56. The summed E-state index contributed by atoms with van der Waals surface area (Å²) in [5.41, 5.74) is 4.51. The molecule has 8 heteroatoms. The highest BCUT2D eigenvalue weighted by Gasteiger charge is 2.13. The maximum atomic E-state index is 12.5. The Morgan fingerprint density at radius 2 is 1.64 bits per heavy atom. The van der Waals surface area contributed by atoms with E-state index in [1.165, 1.54) is 24.5 Å². The summed E-state index contributed by atoms with van der Waals surface area (Å²) in [6.07, 6.45) is 3.04. The van der Waals surface area contributed by atoms with Crippen molar-refractivity contribution in [3.8, 4) is 0 Å². The van der Waals surface area contributed by atoms with Crippen LogP contribution in [0.3, 0.4) is 0 Å². The van der Waals surface area contributed by atoms with E-state index < -0.39 is 10.0 Å². The molecule has 0 fully saturated rings. The van der Waals surface area contributed by atoms with Gasteiger partial charge in [0.15, 0.2) is 0 Å². The molecule has 28 heavy (non-hydrogen) atoms. The Morgan fingerprint density at radius 3 is 2.36 bits per heavy atom. The van der Waals surface area contributed by atoms with Crippen LogP contribution in [-0.4, -0.2) is 25.0 Å². The number of anilines is 1. The average Bonchev–Trinajstić information content (AvgIpc) is 2.73. The predicted octanol–water partition coefficient (Wildman–Crippen LogP) is 3.04. The molecule has 0 aliphatic carbocycles. The molecule has 0 saturated heterocycles. The van der Waals surface area contributed by atoms with E-state index in [9.17, 15) is 13.2 Å². The molecule has 0 aliphatic heterocycles. The van der Waals surface area contributed by atoms with Gasteiger partial charge in [-0.05, 0) is 48.9 Å². The molecule has 2 aromatic carbocycles. The predicted molar refractivity (Wildman–Crippen MR) is 108 cm³/mol. The third kappa shape index (κ3) is 4.80. The van der Waals surface area contributed by atoms with E-state index in [1.807, 2.05) is 0 Å². The van der Waals surface area contributed by atoms with Crippen LogP contribution in [0.5, 0.6) is 0 Å². The fraction of sp³-hybridized carbons (Fsp3) is 0.0500. The quantitative estimate of drug-likeness (QED) is 0.496. The van der Waals surface area contributed by atoms with Crippen molar-refractivity contribution < 1.29 is 13.2 Å². The Labute approximate surface area is 163 Å². The van der Waals surface area contributed by atoms with E-state index in [0.717, 1.165) is 0 Å². The van der Waals surface area contributed by atoms with E-state index in [2.05, 4.69) is 20.2 Å². The topological polar surface area (TPSA) is 101 Å². The van der Waals surface area contributed by atoms with E-state index in [-0.39, 0.29) is 10.8 Å². The van der Waals surface area contributed by atoms with Crippen LogP contribution in [0.1, 0.15) is 22.8 Å². The van der Waals surface area contributed by atoms with Gasteiger partial charge >= 0.3 is 0 Å². The summed E-state index contributed by atoms with van der Waals surface area (Å²) in [7, 11) is -3.68. The van der Waals surface area contributed by atoms with Crippen molar-refractivity contribution >= 4 is 27.3 Å². The molecular weight excluding hydrogens is 376 g/mol. The van der Waals surface area contributed by atoms with Crippen LogP contribution in [0.15, 0.2) is 89.1 Å². The van der Waals surface area contributed by atoms with Crippen molar-refractivity contribution in [2.75, 3.05) is 4.72 Å². The number of amides is 1. The number of carbonyl (C=O) groups excluding carboxylic acids is 1. The second kappa shape index (κ2) is 8.45. The van der Waals surface area contributed by atoms with Crippen LogP contribution in [0.25, 0.3) is 0 Å². The number of hydrogen-bond donors (Lipinski definition) is 2. The highest BCUT2D eigenvalue weighted by molar-refractivity contribution is 7.92. The van der Waals surface area contributed by atoms with Gasteiger partial charge in [0.25, 0.3) is 15.9 Å². The lowest BCUT2D eigenvalue weighted by atomic mass is 10.1. The number of benzene rings is 2. The zero-order valence-electron chi connectivity index (χ0n) is 15.0. The molecule has 0 radical (unpaired) electrons. The van der Waals surface area contributed by atoms with Crippen molar-refractivity contribution in [3.05, 3.63) is 90.3 Å². The minimum absolute atomic E-state index is 0.176. The van der Waals surface area contributed by atoms with Gasteiger partial charge in [-0.2, -0.15) is 5.10 Å². The molecule has 1 aromatic heterocycles. The molecule has 1 heterocycles. The highest BCUT2D eigenvalue weighted by atomic mass is 32.2. The SMILES string of the molecule is C/C(=N/NC(=O)c1ccncc1)c1cccc(NS(=O)(=O)c2ccccc2)c1. The molecule has 0 unspecified atom stereocenters. The minimum Gasteiger partial charge on any atom is -0.280 e. The summed E-state index contributed by atoms with van der Waals surface area (Å²) in [6.45, 7) is 1.72. The molecule has 0 aliphatic rings. The molecule has 0 bridgehead atoms. The van der Waals surface area contributed by atoms with Crippen molar-refractivity contribution in [1.82, 2.24) is 10.4 Å². The van der Waals surface area contributed by atoms with Crippen molar-refractivity contribution in [1.29, 1.82) is 0 Å². The van der Waals surface area contributed by atoms with E-state index in [0.29, 0.717) is 22.5 Å². The molecule has 1 amide bonds.